The Kier molecular flexibility index (Phi) is 6.74. The van der Waals surface area contributed by atoms with Crippen LogP contribution in [-0.2, 0) is 19.6 Å². The minimum atomic E-state index is -3.64. The second kappa shape index (κ2) is 9.08. The molecule has 2 aromatic rings. The fourth-order valence-corrected chi connectivity index (χ4v) is 4.96. The quantitative estimate of drug-likeness (QED) is 0.699. The number of quaternary nitrogens is 1. The number of rotatable bonds is 7. The minimum absolute atomic E-state index is 0.0129. The number of hydrogen-bond acceptors (Lipinski definition) is 5. The first-order chi connectivity index (χ1) is 13.8. The number of nitrogens with two attached hydrogens (primary N) is 1. The van der Waals surface area contributed by atoms with Gasteiger partial charge in [-0.3, -0.25) is 4.79 Å². The van der Waals surface area contributed by atoms with Gasteiger partial charge in [-0.15, -0.1) is 0 Å². The molecule has 3 rings (SSSR count). The van der Waals surface area contributed by atoms with Gasteiger partial charge in [0, 0.05) is 18.8 Å². The topological polar surface area (TPSA) is 105 Å². The van der Waals surface area contributed by atoms with Gasteiger partial charge < -0.3 is 19.8 Å². The van der Waals surface area contributed by atoms with Gasteiger partial charge in [0.15, 0.2) is 11.8 Å². The number of furan rings is 1. The van der Waals surface area contributed by atoms with Crippen LogP contribution in [0.15, 0.2) is 45.9 Å². The lowest BCUT2D eigenvalue weighted by Crippen LogP contribution is -2.91. The minimum Gasteiger partial charge on any atom is -0.463 e. The van der Waals surface area contributed by atoms with Crippen molar-refractivity contribution in [2.75, 3.05) is 31.6 Å². The molecule has 0 unspecified atom stereocenters. The van der Waals surface area contributed by atoms with Gasteiger partial charge in [0.2, 0.25) is 10.0 Å². The first-order valence-electron chi connectivity index (χ1n) is 9.67. The maximum Gasteiger partial charge on any atom is 0.282 e. The number of hydrogen-bond donors (Lipinski definition) is 2. The van der Waals surface area contributed by atoms with Gasteiger partial charge in [0.05, 0.1) is 24.4 Å². The van der Waals surface area contributed by atoms with Gasteiger partial charge in [-0.25, -0.2) is 8.42 Å². The number of nitrogens with one attached hydrogen (secondary N) is 1. The van der Waals surface area contributed by atoms with E-state index < -0.39 is 10.0 Å². The zero-order valence-electron chi connectivity index (χ0n) is 16.9. The highest BCUT2D eigenvalue weighted by Crippen LogP contribution is 2.24. The number of nitrogens with zero attached hydrogens (tertiary/aromatic N) is 1. The van der Waals surface area contributed by atoms with Gasteiger partial charge in [-0.2, -0.15) is 4.31 Å². The van der Waals surface area contributed by atoms with Gasteiger partial charge in [0.1, 0.15) is 6.04 Å². The number of carbonyl (C=O) groups excluding carboxylic acids is 1. The Morgan fingerprint density at radius 3 is 2.59 bits per heavy atom. The Labute approximate surface area is 171 Å². The van der Waals surface area contributed by atoms with E-state index in [1.165, 1.54) is 10.4 Å². The maximum absolute atomic E-state index is 13.0. The molecule has 8 nitrogen and oxygen atoms in total. The van der Waals surface area contributed by atoms with E-state index in [0.717, 1.165) is 5.76 Å². The van der Waals surface area contributed by atoms with Crippen molar-refractivity contribution >= 4 is 21.6 Å². The van der Waals surface area contributed by atoms with Crippen LogP contribution in [0.3, 0.4) is 0 Å². The summed E-state index contributed by atoms with van der Waals surface area (Å²) in [7, 11) is -3.64. The molecule has 0 saturated carbocycles. The van der Waals surface area contributed by atoms with Gasteiger partial charge in [0.25, 0.3) is 5.91 Å². The van der Waals surface area contributed by atoms with Crippen molar-refractivity contribution in [1.29, 1.82) is 0 Å². The van der Waals surface area contributed by atoms with E-state index in [-0.39, 0.29) is 22.9 Å². The van der Waals surface area contributed by atoms with Crippen molar-refractivity contribution in [2.24, 2.45) is 0 Å². The Morgan fingerprint density at radius 2 is 1.93 bits per heavy atom. The lowest BCUT2D eigenvalue weighted by molar-refractivity contribution is -0.711. The molecule has 2 heterocycles. The van der Waals surface area contributed by atoms with E-state index in [0.29, 0.717) is 37.6 Å². The molecule has 1 saturated heterocycles. The summed E-state index contributed by atoms with van der Waals surface area (Å²) in [5.74, 6) is 0.584. The Hall–Kier alpha value is -2.20. The Morgan fingerprint density at radius 1 is 1.21 bits per heavy atom. The Bertz CT molecular complexity index is 937. The van der Waals surface area contributed by atoms with Crippen LogP contribution in [0.4, 0.5) is 5.69 Å². The molecule has 3 N–H and O–H groups in total. The van der Waals surface area contributed by atoms with Crippen LogP contribution in [0.5, 0.6) is 0 Å². The van der Waals surface area contributed by atoms with Crippen molar-refractivity contribution in [3.63, 3.8) is 0 Å². The van der Waals surface area contributed by atoms with Crippen LogP contribution in [0.25, 0.3) is 0 Å². The first kappa shape index (κ1) is 21.5. The average Bonchev–Trinajstić information content (AvgIpc) is 3.25. The standard InChI is InChI=1S/C20H27N3O5S/c1-14-6-7-17(13-19(14)29(25,26)23-8-11-27-12-9-23)22-20(24)16(3)21-15(2)18-5-4-10-28-18/h4-7,10,13,15-16,21H,8-9,11-12H2,1-3H3,(H,22,24)/p+1/t15-,16-/m0/s1. The van der Waals surface area contributed by atoms with Crippen molar-refractivity contribution in [2.45, 2.75) is 37.8 Å². The SMILES string of the molecule is Cc1ccc(NC(=O)[C@H](C)[NH2+][C@@H](C)c2ccco2)cc1S(=O)(=O)N1CCOCC1. The summed E-state index contributed by atoms with van der Waals surface area (Å²) in [5.41, 5.74) is 1.10. The summed E-state index contributed by atoms with van der Waals surface area (Å²) in [4.78, 5) is 12.8. The van der Waals surface area contributed by atoms with Gasteiger partial charge in [-0.1, -0.05) is 6.07 Å². The molecular formula is C20H28N3O5S+. The first-order valence-corrected chi connectivity index (χ1v) is 11.1. The van der Waals surface area contributed by atoms with E-state index in [1.807, 2.05) is 24.4 Å². The molecule has 0 radical (unpaired) electrons. The highest BCUT2D eigenvalue weighted by atomic mass is 32.2. The van der Waals surface area contributed by atoms with E-state index in [9.17, 15) is 13.2 Å². The summed E-state index contributed by atoms with van der Waals surface area (Å²) in [6.45, 7) is 6.94. The zero-order chi connectivity index (χ0) is 21.0. The molecule has 29 heavy (non-hydrogen) atoms. The second-order valence-corrected chi connectivity index (χ2v) is 9.18. The van der Waals surface area contributed by atoms with Crippen LogP contribution in [0.1, 0.15) is 31.2 Å². The van der Waals surface area contributed by atoms with Crippen LogP contribution >= 0.6 is 0 Å². The lowest BCUT2D eigenvalue weighted by Gasteiger charge is -2.27. The lowest BCUT2D eigenvalue weighted by atomic mass is 10.2. The molecule has 1 aromatic carbocycles. The molecule has 1 amide bonds. The van der Waals surface area contributed by atoms with Crippen LogP contribution < -0.4 is 10.6 Å². The maximum atomic E-state index is 13.0. The fraction of sp³-hybridized carbons (Fsp3) is 0.450. The number of sulfonamides is 1. The predicted molar refractivity (Wildman–Crippen MR) is 108 cm³/mol. The van der Waals surface area contributed by atoms with E-state index in [2.05, 4.69) is 5.32 Å². The second-order valence-electron chi connectivity index (χ2n) is 7.27. The van der Waals surface area contributed by atoms with E-state index >= 15 is 0 Å². The number of amides is 1. The molecule has 0 bridgehead atoms. The highest BCUT2D eigenvalue weighted by molar-refractivity contribution is 7.89. The van der Waals surface area contributed by atoms with E-state index in [1.54, 1.807) is 32.2 Å². The summed E-state index contributed by atoms with van der Waals surface area (Å²) >= 11 is 0. The summed E-state index contributed by atoms with van der Waals surface area (Å²) in [6.07, 6.45) is 1.60. The predicted octanol–water partition coefficient (Wildman–Crippen LogP) is 1.26. The van der Waals surface area contributed by atoms with Crippen molar-refractivity contribution < 1.29 is 27.7 Å². The molecule has 0 aliphatic carbocycles. The van der Waals surface area contributed by atoms with Crippen molar-refractivity contribution in [1.82, 2.24) is 4.31 Å². The summed E-state index contributed by atoms with van der Waals surface area (Å²) in [6, 6.07) is 8.25. The number of carbonyl (C=O) groups is 1. The highest BCUT2D eigenvalue weighted by Gasteiger charge is 2.28. The smallest absolute Gasteiger partial charge is 0.282 e. The number of aryl methyl sites for hydroxylation is 1. The van der Waals surface area contributed by atoms with Gasteiger partial charge >= 0.3 is 0 Å². The third kappa shape index (κ3) is 5.05. The molecule has 0 spiro atoms. The molecule has 9 heteroatoms. The molecule has 1 aromatic heterocycles. The molecule has 1 aliphatic rings. The van der Waals surface area contributed by atoms with Crippen molar-refractivity contribution in [3.8, 4) is 0 Å². The monoisotopic (exact) mass is 422 g/mol. The molecule has 158 valence electrons. The number of morpholine rings is 1. The average molecular weight is 423 g/mol. The summed E-state index contributed by atoms with van der Waals surface area (Å²) in [5, 5.41) is 4.72. The van der Waals surface area contributed by atoms with E-state index in [4.69, 9.17) is 9.15 Å². The fourth-order valence-electron chi connectivity index (χ4n) is 3.30. The summed E-state index contributed by atoms with van der Waals surface area (Å²) < 4.78 is 38.0. The number of benzene rings is 1. The molecule has 1 fully saturated rings. The third-order valence-corrected chi connectivity index (χ3v) is 7.07. The van der Waals surface area contributed by atoms with Crippen molar-refractivity contribution in [3.05, 3.63) is 47.9 Å². The van der Waals surface area contributed by atoms with Gasteiger partial charge in [-0.05, 0) is 50.6 Å². The Balaban J connectivity index is 1.71. The number of ether oxygens (including phenoxy) is 1. The normalized spacial score (nSPS) is 17.6. The van der Waals surface area contributed by atoms with Crippen LogP contribution in [-0.4, -0.2) is 51.0 Å². The number of anilines is 1. The molecular weight excluding hydrogens is 394 g/mol. The largest absolute Gasteiger partial charge is 0.463 e. The molecule has 1 aliphatic heterocycles. The molecule has 2 atom stereocenters. The van der Waals surface area contributed by atoms with Crippen LogP contribution in [0, 0.1) is 6.92 Å². The zero-order valence-corrected chi connectivity index (χ0v) is 17.7. The van der Waals surface area contributed by atoms with Crippen LogP contribution in [0.2, 0.25) is 0 Å². The third-order valence-electron chi connectivity index (χ3n) is 5.03.